The molecule has 88 valence electrons. The lowest BCUT2D eigenvalue weighted by molar-refractivity contribution is -0.923. The molecule has 0 amide bonds. The van der Waals surface area contributed by atoms with Crippen molar-refractivity contribution in [1.29, 1.82) is 0 Å². The second-order valence-electron chi connectivity index (χ2n) is 4.07. The molecule has 0 aliphatic rings. The van der Waals surface area contributed by atoms with Crippen LogP contribution in [0.4, 0.5) is 0 Å². The second-order valence-corrected chi connectivity index (χ2v) is 4.07. The lowest BCUT2D eigenvalue weighted by Crippen LogP contribution is -3.00. The molecule has 0 atom stereocenters. The minimum Gasteiger partial charge on any atom is -1.00 e. The van der Waals surface area contributed by atoms with Gasteiger partial charge in [-0.3, -0.25) is 0 Å². The topological polar surface area (TPSA) is 0 Å². The maximum absolute atomic E-state index is 2.33. The summed E-state index contributed by atoms with van der Waals surface area (Å²) in [5.74, 6) is 0. The molecule has 0 aromatic heterocycles. The van der Waals surface area contributed by atoms with Crippen LogP contribution in [0, 0.1) is 0 Å². The normalized spacial score (nSPS) is 11.1. The van der Waals surface area contributed by atoms with Gasteiger partial charge in [-0.25, -0.2) is 0 Å². The lowest BCUT2D eigenvalue weighted by Gasteiger charge is -2.35. The van der Waals surface area contributed by atoms with Crippen molar-refractivity contribution in [3.8, 4) is 0 Å². The summed E-state index contributed by atoms with van der Waals surface area (Å²) < 4.78 is 1.32. The number of unbranched alkanes of at least 4 members (excludes halogenated alkanes) is 3. The van der Waals surface area contributed by atoms with E-state index in [4.69, 9.17) is 0 Å². The standard InChI is InChI=1S/C12H28N.HI/c1-5-9-10-11-12-13(6-2,7-3)8-4;/h5-12H2,1-4H3;1H/q+1;/p-1. The van der Waals surface area contributed by atoms with Crippen LogP contribution in [0.2, 0.25) is 0 Å². The molecule has 14 heavy (non-hydrogen) atoms. The Labute approximate surface area is 108 Å². The highest BCUT2D eigenvalue weighted by Gasteiger charge is 2.19. The zero-order valence-electron chi connectivity index (χ0n) is 10.5. The van der Waals surface area contributed by atoms with Gasteiger partial charge in [0, 0.05) is 0 Å². The Kier molecular flexibility index (Phi) is 12.5. The first kappa shape index (κ1) is 17.1. The van der Waals surface area contributed by atoms with E-state index in [2.05, 4.69) is 27.7 Å². The average Bonchev–Trinajstić information content (AvgIpc) is 2.20. The summed E-state index contributed by atoms with van der Waals surface area (Å²) in [7, 11) is 0. The first-order valence-corrected chi connectivity index (χ1v) is 6.09. The Morgan fingerprint density at radius 2 is 1.21 bits per heavy atom. The van der Waals surface area contributed by atoms with Crippen LogP contribution < -0.4 is 24.0 Å². The fourth-order valence-electron chi connectivity index (χ4n) is 2.02. The minimum absolute atomic E-state index is 0. The van der Waals surface area contributed by atoms with E-state index in [0.717, 1.165) is 0 Å². The third-order valence-corrected chi connectivity index (χ3v) is 3.50. The van der Waals surface area contributed by atoms with Gasteiger partial charge < -0.3 is 28.5 Å². The molecule has 0 fully saturated rings. The van der Waals surface area contributed by atoms with Gasteiger partial charge in [0.25, 0.3) is 0 Å². The highest BCUT2D eigenvalue weighted by atomic mass is 127. The first-order chi connectivity index (χ1) is 6.24. The van der Waals surface area contributed by atoms with Gasteiger partial charge >= 0.3 is 0 Å². The van der Waals surface area contributed by atoms with Gasteiger partial charge in [0.15, 0.2) is 0 Å². The molecule has 0 aliphatic carbocycles. The molecule has 0 aromatic carbocycles. The highest BCUT2D eigenvalue weighted by Crippen LogP contribution is 2.10. The molecule has 0 saturated carbocycles. The Bertz CT molecular complexity index is 103. The molecule has 0 radical (unpaired) electrons. The molecule has 0 N–H and O–H groups in total. The van der Waals surface area contributed by atoms with E-state index in [-0.39, 0.29) is 24.0 Å². The Morgan fingerprint density at radius 1 is 0.714 bits per heavy atom. The molecule has 2 heteroatoms. The summed E-state index contributed by atoms with van der Waals surface area (Å²) in [5, 5.41) is 0. The van der Waals surface area contributed by atoms with Crippen LogP contribution in [-0.2, 0) is 0 Å². The van der Waals surface area contributed by atoms with Crippen LogP contribution in [0.15, 0.2) is 0 Å². The van der Waals surface area contributed by atoms with E-state index >= 15 is 0 Å². The zero-order chi connectivity index (χ0) is 10.2. The predicted octanol–water partition coefficient (Wildman–Crippen LogP) is 0.447. The molecule has 0 heterocycles. The van der Waals surface area contributed by atoms with Gasteiger partial charge in [0.05, 0.1) is 26.2 Å². The second kappa shape index (κ2) is 10.2. The summed E-state index contributed by atoms with van der Waals surface area (Å²) in [5.41, 5.74) is 0. The van der Waals surface area contributed by atoms with Crippen molar-refractivity contribution >= 4 is 0 Å². The van der Waals surface area contributed by atoms with Crippen molar-refractivity contribution in [2.75, 3.05) is 26.2 Å². The van der Waals surface area contributed by atoms with Gasteiger partial charge in [-0.15, -0.1) is 0 Å². The van der Waals surface area contributed by atoms with Crippen LogP contribution in [0.25, 0.3) is 0 Å². The van der Waals surface area contributed by atoms with E-state index in [9.17, 15) is 0 Å². The molecule has 0 unspecified atom stereocenters. The molecule has 0 aromatic rings. The Balaban J connectivity index is 0. The quantitative estimate of drug-likeness (QED) is 0.347. The van der Waals surface area contributed by atoms with Crippen molar-refractivity contribution in [2.45, 2.75) is 53.4 Å². The number of hydrogen-bond acceptors (Lipinski definition) is 0. The number of rotatable bonds is 8. The third-order valence-electron chi connectivity index (χ3n) is 3.50. The van der Waals surface area contributed by atoms with Gasteiger partial charge in [0.1, 0.15) is 0 Å². The Morgan fingerprint density at radius 3 is 1.57 bits per heavy atom. The summed E-state index contributed by atoms with van der Waals surface area (Å²) >= 11 is 0. The van der Waals surface area contributed by atoms with E-state index in [0.29, 0.717) is 0 Å². The number of nitrogens with zero attached hydrogens (tertiary/aromatic N) is 1. The van der Waals surface area contributed by atoms with Crippen LogP contribution in [0.3, 0.4) is 0 Å². The summed E-state index contributed by atoms with van der Waals surface area (Å²) in [6, 6.07) is 0. The number of hydrogen-bond donors (Lipinski definition) is 0. The van der Waals surface area contributed by atoms with Crippen molar-refractivity contribution in [3.05, 3.63) is 0 Å². The summed E-state index contributed by atoms with van der Waals surface area (Å²) in [4.78, 5) is 0. The molecule has 0 saturated heterocycles. The maximum atomic E-state index is 2.33. The van der Waals surface area contributed by atoms with Gasteiger partial charge in [0.2, 0.25) is 0 Å². The van der Waals surface area contributed by atoms with Crippen molar-refractivity contribution in [2.24, 2.45) is 0 Å². The maximum Gasteiger partial charge on any atom is 0.0786 e. The summed E-state index contributed by atoms with van der Waals surface area (Å²) in [6.07, 6.45) is 5.61. The Hall–Kier alpha value is 0.690. The van der Waals surface area contributed by atoms with Gasteiger partial charge in [-0.2, -0.15) is 0 Å². The van der Waals surface area contributed by atoms with Gasteiger partial charge in [-0.1, -0.05) is 19.8 Å². The minimum atomic E-state index is 0. The van der Waals surface area contributed by atoms with Crippen LogP contribution in [0.1, 0.15) is 53.4 Å². The van der Waals surface area contributed by atoms with Gasteiger partial charge in [-0.05, 0) is 33.6 Å². The van der Waals surface area contributed by atoms with Crippen molar-refractivity contribution in [1.82, 2.24) is 0 Å². The SMILES string of the molecule is CCCCCC[N+](CC)(CC)CC.[I-]. The molecule has 0 aliphatic heterocycles. The molecule has 0 bridgehead atoms. The molecule has 0 rings (SSSR count). The van der Waals surface area contributed by atoms with E-state index < -0.39 is 0 Å². The third kappa shape index (κ3) is 6.23. The molecular weight excluding hydrogens is 285 g/mol. The van der Waals surface area contributed by atoms with Crippen LogP contribution in [-0.4, -0.2) is 30.7 Å². The fraction of sp³-hybridized carbons (Fsp3) is 1.00. The van der Waals surface area contributed by atoms with Crippen molar-refractivity contribution < 1.29 is 28.5 Å². The van der Waals surface area contributed by atoms with Crippen molar-refractivity contribution in [3.63, 3.8) is 0 Å². The van der Waals surface area contributed by atoms with E-state index in [1.54, 1.807) is 0 Å². The molecule has 0 spiro atoms. The molecule has 1 nitrogen and oxygen atoms in total. The lowest BCUT2D eigenvalue weighted by atomic mass is 10.2. The average molecular weight is 313 g/mol. The zero-order valence-corrected chi connectivity index (χ0v) is 12.6. The molecular formula is C12H28IN. The number of quaternary nitrogens is 1. The predicted molar refractivity (Wildman–Crippen MR) is 60.9 cm³/mol. The van der Waals surface area contributed by atoms with E-state index in [1.807, 2.05) is 0 Å². The monoisotopic (exact) mass is 313 g/mol. The van der Waals surface area contributed by atoms with E-state index in [1.165, 1.54) is 56.3 Å². The summed E-state index contributed by atoms with van der Waals surface area (Å²) in [6.45, 7) is 14.6. The fourth-order valence-corrected chi connectivity index (χ4v) is 2.02. The highest BCUT2D eigenvalue weighted by molar-refractivity contribution is 4.43. The van der Waals surface area contributed by atoms with Crippen LogP contribution in [0.5, 0.6) is 0 Å². The smallest absolute Gasteiger partial charge is 0.0786 e. The largest absolute Gasteiger partial charge is 1.00 e. The first-order valence-electron chi connectivity index (χ1n) is 6.09. The van der Waals surface area contributed by atoms with Crippen LogP contribution >= 0.6 is 0 Å². The number of halogens is 1.